The van der Waals surface area contributed by atoms with E-state index in [-0.39, 0.29) is 33.9 Å². The molecule has 0 aliphatic rings. The maximum Gasteiger partial charge on any atom is 0.340 e. The Hall–Kier alpha value is -3.56. The highest BCUT2D eigenvalue weighted by Crippen LogP contribution is 2.32. The van der Waals surface area contributed by atoms with E-state index in [1.807, 2.05) is 0 Å². The van der Waals surface area contributed by atoms with Crippen LogP contribution < -0.4 is 16.3 Å². The van der Waals surface area contributed by atoms with Crippen LogP contribution in [0.25, 0.3) is 11.0 Å². The van der Waals surface area contributed by atoms with Crippen molar-refractivity contribution in [1.29, 1.82) is 0 Å². The molecular weight excluding hydrogens is 396 g/mol. The average molecular weight is 420 g/mol. The first-order chi connectivity index (χ1) is 14.0. The highest BCUT2D eigenvalue weighted by Gasteiger charge is 2.25. The molecule has 2 rings (SSSR count). The molecule has 0 saturated heterocycles. The first kappa shape index (κ1) is 22.7. The van der Waals surface area contributed by atoms with E-state index in [4.69, 9.17) is 4.42 Å². The average Bonchev–Trinajstić information content (AvgIpc) is 2.66. The minimum absolute atomic E-state index is 0.00980. The van der Waals surface area contributed by atoms with E-state index in [1.165, 1.54) is 13.0 Å². The molecule has 1 aromatic carbocycles. The van der Waals surface area contributed by atoms with Crippen molar-refractivity contribution in [2.75, 3.05) is 6.54 Å². The molecule has 2 atom stereocenters. The van der Waals surface area contributed by atoms with Crippen molar-refractivity contribution >= 4 is 28.8 Å². The number of fused-ring (bicyclic) bond motifs is 1. The van der Waals surface area contributed by atoms with Crippen LogP contribution in [-0.4, -0.2) is 45.7 Å². The number of carboxylic acid groups (broad SMARTS) is 1. The number of aliphatic carboxylic acids is 1. The second kappa shape index (κ2) is 9.29. The second-order valence-electron chi connectivity index (χ2n) is 7.05. The second-order valence-corrected chi connectivity index (χ2v) is 7.05. The third-order valence-electron chi connectivity index (χ3n) is 4.92. The van der Waals surface area contributed by atoms with Crippen LogP contribution in [0.3, 0.4) is 0 Å². The van der Waals surface area contributed by atoms with Gasteiger partial charge in [0.05, 0.1) is 23.9 Å². The fourth-order valence-electron chi connectivity index (χ4n) is 3.02. The number of phenols is 2. The first-order valence-corrected chi connectivity index (χ1v) is 9.32. The molecule has 0 radical (unpaired) electrons. The van der Waals surface area contributed by atoms with E-state index in [1.54, 1.807) is 13.8 Å². The lowest BCUT2D eigenvalue weighted by Gasteiger charge is -2.20. The molecule has 0 fully saturated rings. The topological polar surface area (TPSA) is 166 Å². The third-order valence-corrected chi connectivity index (χ3v) is 4.92. The predicted molar refractivity (Wildman–Crippen MR) is 106 cm³/mol. The summed E-state index contributed by atoms with van der Waals surface area (Å²) in [7, 11) is 0. The van der Waals surface area contributed by atoms with Gasteiger partial charge in [0.2, 0.25) is 11.8 Å². The quantitative estimate of drug-likeness (QED) is 0.391. The highest BCUT2D eigenvalue weighted by atomic mass is 16.4. The summed E-state index contributed by atoms with van der Waals surface area (Å²) in [6.07, 6.45) is 0.136. The summed E-state index contributed by atoms with van der Waals surface area (Å²) in [6.45, 7) is 4.55. The monoisotopic (exact) mass is 420 g/mol. The van der Waals surface area contributed by atoms with Gasteiger partial charge < -0.3 is 30.4 Å². The Balaban J connectivity index is 2.10. The lowest BCUT2D eigenvalue weighted by Crippen LogP contribution is -2.48. The molecule has 0 spiro atoms. The minimum Gasteiger partial charge on any atom is -0.508 e. The minimum atomic E-state index is -1.17. The Bertz CT molecular complexity index is 1040. The molecule has 0 aliphatic carbocycles. The molecular formula is C20H24N2O8. The van der Waals surface area contributed by atoms with Gasteiger partial charge in [0, 0.05) is 12.1 Å². The largest absolute Gasteiger partial charge is 0.508 e. The number of carbonyl (C=O) groups is 3. The van der Waals surface area contributed by atoms with Crippen LogP contribution in [0.5, 0.6) is 11.5 Å². The van der Waals surface area contributed by atoms with Crippen LogP contribution in [-0.2, 0) is 20.8 Å². The van der Waals surface area contributed by atoms with Crippen molar-refractivity contribution < 1.29 is 34.1 Å². The molecule has 1 heterocycles. The van der Waals surface area contributed by atoms with Crippen molar-refractivity contribution in [1.82, 2.24) is 10.6 Å². The summed E-state index contributed by atoms with van der Waals surface area (Å²) in [5, 5.41) is 33.6. The molecule has 2 amide bonds. The zero-order chi connectivity index (χ0) is 22.6. The number of hydrogen-bond donors (Lipinski definition) is 5. The molecule has 1 aromatic heterocycles. The van der Waals surface area contributed by atoms with Crippen LogP contribution in [0.1, 0.15) is 31.4 Å². The Labute approximate surface area is 171 Å². The normalized spacial score (nSPS) is 12.9. The molecule has 0 bridgehead atoms. The van der Waals surface area contributed by atoms with E-state index in [2.05, 4.69) is 10.6 Å². The summed E-state index contributed by atoms with van der Waals surface area (Å²) < 4.78 is 5.08. The van der Waals surface area contributed by atoms with E-state index in [9.17, 15) is 34.5 Å². The van der Waals surface area contributed by atoms with Crippen LogP contribution in [0.4, 0.5) is 0 Å². The van der Waals surface area contributed by atoms with Crippen LogP contribution in [0.2, 0.25) is 0 Å². The number of aromatic hydroxyl groups is 2. The lowest BCUT2D eigenvalue weighted by atomic mass is 9.99. The van der Waals surface area contributed by atoms with E-state index in [0.717, 1.165) is 6.07 Å². The summed E-state index contributed by atoms with van der Waals surface area (Å²) in [4.78, 5) is 47.7. The van der Waals surface area contributed by atoms with Gasteiger partial charge in [-0.2, -0.15) is 0 Å². The number of rotatable bonds is 8. The number of carbonyl (C=O) groups excluding carboxylic acids is 2. The van der Waals surface area contributed by atoms with Gasteiger partial charge >= 0.3 is 11.6 Å². The highest BCUT2D eigenvalue weighted by molar-refractivity contribution is 5.91. The van der Waals surface area contributed by atoms with Gasteiger partial charge in [-0.1, -0.05) is 20.3 Å². The molecule has 0 saturated carbocycles. The maximum atomic E-state index is 12.2. The maximum absolute atomic E-state index is 12.2. The number of aryl methyl sites for hydroxylation is 1. The van der Waals surface area contributed by atoms with Gasteiger partial charge in [0.25, 0.3) is 0 Å². The molecule has 10 heteroatoms. The fraction of sp³-hybridized carbons (Fsp3) is 0.400. The Morgan fingerprint density at radius 2 is 1.83 bits per heavy atom. The van der Waals surface area contributed by atoms with E-state index < -0.39 is 42.4 Å². The number of benzene rings is 1. The molecule has 10 nitrogen and oxygen atoms in total. The van der Waals surface area contributed by atoms with Crippen molar-refractivity contribution in [2.45, 2.75) is 39.7 Å². The lowest BCUT2D eigenvalue weighted by molar-refractivity contribution is -0.143. The predicted octanol–water partition coefficient (Wildman–Crippen LogP) is 0.787. The molecule has 2 unspecified atom stereocenters. The van der Waals surface area contributed by atoms with Crippen molar-refractivity contribution in [3.8, 4) is 11.5 Å². The van der Waals surface area contributed by atoms with Crippen molar-refractivity contribution in [3.05, 3.63) is 33.7 Å². The molecule has 5 N–H and O–H groups in total. The SMILES string of the molecule is CCC(C)C(NC(=O)CNC(=O)Cc1c(C)c2c(O)cc(O)cc2oc1=O)C(=O)O. The number of carboxylic acids is 1. The zero-order valence-electron chi connectivity index (χ0n) is 16.8. The van der Waals surface area contributed by atoms with Gasteiger partial charge in [-0.15, -0.1) is 0 Å². The summed E-state index contributed by atoms with van der Waals surface area (Å²) in [5.41, 5.74) is -0.541. The van der Waals surface area contributed by atoms with Gasteiger partial charge in [0.15, 0.2) is 0 Å². The molecule has 162 valence electrons. The van der Waals surface area contributed by atoms with Gasteiger partial charge in [-0.05, 0) is 18.4 Å². The first-order valence-electron chi connectivity index (χ1n) is 9.32. The van der Waals surface area contributed by atoms with Crippen molar-refractivity contribution in [2.24, 2.45) is 5.92 Å². The number of amides is 2. The van der Waals surface area contributed by atoms with Gasteiger partial charge in [-0.25, -0.2) is 9.59 Å². The molecule has 30 heavy (non-hydrogen) atoms. The number of nitrogens with one attached hydrogen (secondary N) is 2. The van der Waals surface area contributed by atoms with Gasteiger partial charge in [-0.3, -0.25) is 9.59 Å². The Morgan fingerprint density at radius 1 is 1.17 bits per heavy atom. The van der Waals surface area contributed by atoms with Gasteiger partial charge in [0.1, 0.15) is 23.1 Å². The summed E-state index contributed by atoms with van der Waals surface area (Å²) in [6, 6.07) is 1.18. The standard InChI is InChI=1S/C20H24N2O8/c1-4-9(2)18(19(27)28)22-16(26)8-21-15(25)7-12-10(3)17-13(24)5-11(23)6-14(17)30-20(12)29/h5-6,9,18,23-24H,4,7-8H2,1-3H3,(H,21,25)(H,22,26)(H,27,28). The molecule has 0 aliphatic heterocycles. The third kappa shape index (κ3) is 5.07. The smallest absolute Gasteiger partial charge is 0.340 e. The number of phenolic OH excluding ortho intramolecular Hbond substituents is 2. The molecule has 2 aromatic rings. The van der Waals surface area contributed by atoms with E-state index in [0.29, 0.717) is 12.0 Å². The summed E-state index contributed by atoms with van der Waals surface area (Å²) >= 11 is 0. The number of hydrogen-bond acceptors (Lipinski definition) is 7. The fourth-order valence-corrected chi connectivity index (χ4v) is 3.02. The Kier molecular flexibility index (Phi) is 7.04. The Morgan fingerprint density at radius 3 is 2.43 bits per heavy atom. The van der Waals surface area contributed by atoms with E-state index >= 15 is 0 Å². The van der Waals surface area contributed by atoms with Crippen LogP contribution in [0.15, 0.2) is 21.3 Å². The van der Waals surface area contributed by atoms with Crippen molar-refractivity contribution in [3.63, 3.8) is 0 Å². The zero-order valence-corrected chi connectivity index (χ0v) is 16.8. The van der Waals surface area contributed by atoms with Crippen LogP contribution >= 0.6 is 0 Å². The van der Waals surface area contributed by atoms with Crippen LogP contribution in [0, 0.1) is 12.8 Å². The summed E-state index contributed by atoms with van der Waals surface area (Å²) in [5.74, 6) is -3.38.